The highest BCUT2D eigenvalue weighted by Crippen LogP contribution is 2.60. The molecule has 2 saturated heterocycles. The van der Waals surface area contributed by atoms with Gasteiger partial charge in [0.05, 0.1) is 11.0 Å². The summed E-state index contributed by atoms with van der Waals surface area (Å²) in [6.45, 7) is 3.24. The number of nitrogens with zero attached hydrogens (tertiary/aromatic N) is 3. The molecule has 0 radical (unpaired) electrons. The third-order valence-electron chi connectivity index (χ3n) is 7.35. The fourth-order valence-electron chi connectivity index (χ4n) is 5.28. The predicted molar refractivity (Wildman–Crippen MR) is 110 cm³/mol. The van der Waals surface area contributed by atoms with Crippen LogP contribution in [0.15, 0.2) is 23.0 Å². The molecule has 1 saturated carbocycles. The number of imidazole rings is 1. The molecule has 2 amide bonds. The van der Waals surface area contributed by atoms with Crippen molar-refractivity contribution in [1.82, 2.24) is 19.4 Å². The van der Waals surface area contributed by atoms with E-state index in [0.717, 1.165) is 56.2 Å². The first kappa shape index (κ1) is 18.5. The third-order valence-corrected chi connectivity index (χ3v) is 7.35. The SMILES string of the molecule is Cn1c(=O)[nH]c2ccc(C(=O)N3CCC4(CC3)CC4C(=O)N3CCCCC3)cc21. The Kier molecular flexibility index (Phi) is 4.29. The number of nitrogens with one attached hydrogen (secondary N) is 1. The van der Waals surface area contributed by atoms with E-state index >= 15 is 0 Å². The first-order chi connectivity index (χ1) is 14.0. The van der Waals surface area contributed by atoms with Crippen molar-refractivity contribution in [2.75, 3.05) is 26.2 Å². The Balaban J connectivity index is 1.24. The molecule has 3 heterocycles. The number of aromatic nitrogens is 2. The third kappa shape index (κ3) is 3.07. The lowest BCUT2D eigenvalue weighted by molar-refractivity contribution is -0.134. The Bertz CT molecular complexity index is 1020. The molecular weight excluding hydrogens is 368 g/mol. The molecule has 1 aliphatic carbocycles. The van der Waals surface area contributed by atoms with Gasteiger partial charge in [0.25, 0.3) is 5.91 Å². The number of piperidine rings is 2. The number of rotatable bonds is 2. The second-order valence-electron chi connectivity index (χ2n) is 9.02. The van der Waals surface area contributed by atoms with E-state index in [1.54, 1.807) is 25.2 Å². The van der Waals surface area contributed by atoms with Crippen molar-refractivity contribution in [3.05, 3.63) is 34.2 Å². The Morgan fingerprint density at radius 2 is 1.76 bits per heavy atom. The van der Waals surface area contributed by atoms with Crippen LogP contribution in [0.3, 0.4) is 0 Å². The van der Waals surface area contributed by atoms with Crippen LogP contribution < -0.4 is 5.69 Å². The minimum atomic E-state index is -0.178. The zero-order chi connectivity index (χ0) is 20.2. The van der Waals surface area contributed by atoms with Crippen molar-refractivity contribution in [3.63, 3.8) is 0 Å². The number of aryl methyl sites for hydroxylation is 1. The summed E-state index contributed by atoms with van der Waals surface area (Å²) in [6, 6.07) is 5.37. The summed E-state index contributed by atoms with van der Waals surface area (Å²) in [5, 5.41) is 0. The summed E-state index contributed by atoms with van der Waals surface area (Å²) >= 11 is 0. The summed E-state index contributed by atoms with van der Waals surface area (Å²) in [4.78, 5) is 44.4. The zero-order valence-corrected chi connectivity index (χ0v) is 16.9. The molecule has 3 fully saturated rings. The summed E-state index contributed by atoms with van der Waals surface area (Å²) in [5.41, 5.74) is 2.04. The van der Waals surface area contributed by atoms with E-state index in [9.17, 15) is 14.4 Å². The number of carbonyl (C=O) groups is 2. The largest absolute Gasteiger partial charge is 0.342 e. The van der Waals surface area contributed by atoms with Crippen LogP contribution >= 0.6 is 0 Å². The molecule has 1 spiro atoms. The normalized spacial score (nSPS) is 23.6. The van der Waals surface area contributed by atoms with E-state index in [0.29, 0.717) is 24.6 Å². The van der Waals surface area contributed by atoms with E-state index in [-0.39, 0.29) is 22.9 Å². The maximum atomic E-state index is 13.0. The number of amides is 2. The average molecular weight is 396 g/mol. The van der Waals surface area contributed by atoms with Gasteiger partial charge in [-0.15, -0.1) is 0 Å². The summed E-state index contributed by atoms with van der Waals surface area (Å²) in [7, 11) is 1.70. The van der Waals surface area contributed by atoms with Crippen LogP contribution in [-0.2, 0) is 11.8 Å². The Morgan fingerprint density at radius 3 is 2.48 bits per heavy atom. The molecule has 3 aliphatic rings. The number of H-pyrrole nitrogens is 1. The lowest BCUT2D eigenvalue weighted by Crippen LogP contribution is -2.42. The number of likely N-dealkylation sites (tertiary alicyclic amines) is 2. The number of hydrogen-bond acceptors (Lipinski definition) is 3. The van der Waals surface area contributed by atoms with Crippen molar-refractivity contribution in [2.45, 2.75) is 38.5 Å². The molecule has 29 heavy (non-hydrogen) atoms. The molecule has 7 nitrogen and oxygen atoms in total. The van der Waals surface area contributed by atoms with Crippen LogP contribution in [-0.4, -0.2) is 57.3 Å². The zero-order valence-electron chi connectivity index (χ0n) is 16.9. The highest BCUT2D eigenvalue weighted by Gasteiger charge is 2.59. The monoisotopic (exact) mass is 396 g/mol. The Hall–Kier alpha value is -2.57. The van der Waals surface area contributed by atoms with Gasteiger partial charge in [-0.25, -0.2) is 4.79 Å². The van der Waals surface area contributed by atoms with Gasteiger partial charge in [-0.2, -0.15) is 0 Å². The average Bonchev–Trinajstić information content (AvgIpc) is 3.38. The lowest BCUT2D eigenvalue weighted by Gasteiger charge is -2.34. The highest BCUT2D eigenvalue weighted by atomic mass is 16.2. The summed E-state index contributed by atoms with van der Waals surface area (Å²) in [5.74, 6) is 0.529. The van der Waals surface area contributed by atoms with Crippen LogP contribution in [0.5, 0.6) is 0 Å². The van der Waals surface area contributed by atoms with Gasteiger partial charge in [-0.3, -0.25) is 14.2 Å². The molecule has 2 aliphatic heterocycles. The summed E-state index contributed by atoms with van der Waals surface area (Å²) in [6.07, 6.45) is 6.30. The van der Waals surface area contributed by atoms with Gasteiger partial charge in [0.2, 0.25) is 5.91 Å². The molecule has 1 aromatic carbocycles. The van der Waals surface area contributed by atoms with Crippen LogP contribution in [0.25, 0.3) is 11.0 Å². The Labute approximate surface area is 169 Å². The standard InChI is InChI=1S/C22H28N4O3/c1-24-18-13-15(5-6-17(18)23-21(24)29)19(27)26-11-7-22(8-12-26)14-16(22)20(28)25-9-3-2-4-10-25/h5-6,13,16H,2-4,7-12,14H2,1H3,(H,23,29). The molecule has 2 aromatic rings. The molecule has 0 bridgehead atoms. The van der Waals surface area contributed by atoms with E-state index in [2.05, 4.69) is 9.88 Å². The molecule has 5 rings (SSSR count). The second-order valence-corrected chi connectivity index (χ2v) is 9.02. The van der Waals surface area contributed by atoms with E-state index in [1.807, 2.05) is 4.90 Å². The molecule has 1 aromatic heterocycles. The van der Waals surface area contributed by atoms with Crippen LogP contribution in [0.4, 0.5) is 0 Å². The first-order valence-electron chi connectivity index (χ1n) is 10.8. The van der Waals surface area contributed by atoms with Crippen molar-refractivity contribution in [3.8, 4) is 0 Å². The van der Waals surface area contributed by atoms with Crippen molar-refractivity contribution >= 4 is 22.8 Å². The van der Waals surface area contributed by atoms with E-state index in [1.165, 1.54) is 11.0 Å². The van der Waals surface area contributed by atoms with Gasteiger partial charge >= 0.3 is 5.69 Å². The van der Waals surface area contributed by atoms with Gasteiger partial charge < -0.3 is 14.8 Å². The number of benzene rings is 1. The fraction of sp³-hybridized carbons (Fsp3) is 0.591. The minimum Gasteiger partial charge on any atom is -0.342 e. The van der Waals surface area contributed by atoms with Gasteiger partial charge in [0, 0.05) is 44.7 Å². The summed E-state index contributed by atoms with van der Waals surface area (Å²) < 4.78 is 1.53. The van der Waals surface area contributed by atoms with Crippen molar-refractivity contribution < 1.29 is 9.59 Å². The molecule has 154 valence electrons. The van der Waals surface area contributed by atoms with Crippen molar-refractivity contribution in [2.24, 2.45) is 18.4 Å². The number of aromatic amines is 1. The topological polar surface area (TPSA) is 78.4 Å². The lowest BCUT2D eigenvalue weighted by atomic mass is 9.90. The number of fused-ring (bicyclic) bond motifs is 1. The maximum absolute atomic E-state index is 13.0. The fourth-order valence-corrected chi connectivity index (χ4v) is 5.28. The number of carbonyl (C=O) groups excluding carboxylic acids is 2. The molecular formula is C22H28N4O3. The van der Waals surface area contributed by atoms with Gasteiger partial charge in [-0.05, 0) is 62.1 Å². The highest BCUT2D eigenvalue weighted by molar-refractivity contribution is 5.97. The van der Waals surface area contributed by atoms with Crippen molar-refractivity contribution in [1.29, 1.82) is 0 Å². The first-order valence-corrected chi connectivity index (χ1v) is 10.8. The van der Waals surface area contributed by atoms with Crippen LogP contribution in [0, 0.1) is 11.3 Å². The van der Waals surface area contributed by atoms with Crippen LogP contribution in [0.2, 0.25) is 0 Å². The van der Waals surface area contributed by atoms with E-state index in [4.69, 9.17) is 0 Å². The smallest absolute Gasteiger partial charge is 0.326 e. The molecule has 7 heteroatoms. The molecule has 1 N–H and O–H groups in total. The predicted octanol–water partition coefficient (Wildman–Crippen LogP) is 2.12. The van der Waals surface area contributed by atoms with Crippen LogP contribution in [0.1, 0.15) is 48.9 Å². The molecule has 1 atom stereocenters. The van der Waals surface area contributed by atoms with Gasteiger partial charge in [0.1, 0.15) is 0 Å². The number of hydrogen-bond donors (Lipinski definition) is 1. The second kappa shape index (κ2) is 6.75. The van der Waals surface area contributed by atoms with E-state index < -0.39 is 0 Å². The van der Waals surface area contributed by atoms with Gasteiger partial charge in [0.15, 0.2) is 0 Å². The van der Waals surface area contributed by atoms with Gasteiger partial charge in [-0.1, -0.05) is 0 Å². The Morgan fingerprint density at radius 1 is 1.03 bits per heavy atom. The minimum absolute atomic E-state index is 0.00922. The maximum Gasteiger partial charge on any atom is 0.326 e. The quantitative estimate of drug-likeness (QED) is 0.845. The molecule has 1 unspecified atom stereocenters.